The van der Waals surface area contributed by atoms with Crippen molar-refractivity contribution in [1.29, 1.82) is 0 Å². The van der Waals surface area contributed by atoms with Gasteiger partial charge in [-0.15, -0.1) is 0 Å². The molecule has 1 aromatic carbocycles. The summed E-state index contributed by atoms with van der Waals surface area (Å²) in [6.07, 6.45) is 6.01. The first kappa shape index (κ1) is 16.7. The fourth-order valence-corrected chi connectivity index (χ4v) is 3.99. The average molecular weight is 386 g/mol. The second-order valence-electron chi connectivity index (χ2n) is 7.37. The molecule has 3 heterocycles. The monoisotopic (exact) mass is 385 g/mol. The molecule has 3 aromatic rings. The van der Waals surface area contributed by atoms with E-state index in [0.29, 0.717) is 29.1 Å². The van der Waals surface area contributed by atoms with Crippen molar-refractivity contribution in [2.45, 2.75) is 38.2 Å². The quantitative estimate of drug-likeness (QED) is 0.615. The number of ether oxygens (including phenoxy) is 1. The van der Waals surface area contributed by atoms with E-state index in [9.17, 15) is 4.39 Å². The van der Waals surface area contributed by atoms with Crippen LogP contribution in [0.5, 0.6) is 5.88 Å². The van der Waals surface area contributed by atoms with Crippen molar-refractivity contribution in [2.24, 2.45) is 5.92 Å². The van der Waals surface area contributed by atoms with Gasteiger partial charge in [0.2, 0.25) is 11.7 Å². The molecule has 7 heteroatoms. The lowest BCUT2D eigenvalue weighted by Gasteiger charge is -2.49. The summed E-state index contributed by atoms with van der Waals surface area (Å²) in [7, 11) is 0. The Morgan fingerprint density at radius 1 is 1.22 bits per heavy atom. The molecule has 5 nitrogen and oxygen atoms in total. The number of benzene rings is 1. The second-order valence-corrected chi connectivity index (χ2v) is 7.77. The molecule has 1 atom stereocenters. The van der Waals surface area contributed by atoms with Crippen molar-refractivity contribution in [3.63, 3.8) is 0 Å². The second kappa shape index (κ2) is 6.02. The van der Waals surface area contributed by atoms with Crippen LogP contribution in [0, 0.1) is 11.7 Å². The minimum atomic E-state index is -0.521. The van der Waals surface area contributed by atoms with Gasteiger partial charge < -0.3 is 9.26 Å². The molecule has 1 saturated carbocycles. The largest absolute Gasteiger partial charge is 0.471 e. The lowest BCUT2D eigenvalue weighted by atomic mass is 9.68. The fraction of sp³-hybridized carbons (Fsp3) is 0.350. The van der Waals surface area contributed by atoms with Crippen LogP contribution in [0.25, 0.3) is 22.8 Å². The molecule has 0 radical (unpaired) electrons. The smallest absolute Gasteiger partial charge is 0.259 e. The van der Waals surface area contributed by atoms with Crippen LogP contribution in [-0.4, -0.2) is 20.7 Å². The molecule has 1 spiro atoms. The minimum Gasteiger partial charge on any atom is -0.471 e. The van der Waals surface area contributed by atoms with Crippen molar-refractivity contribution in [1.82, 2.24) is 15.1 Å². The number of pyridine rings is 1. The Morgan fingerprint density at radius 2 is 2.07 bits per heavy atom. The van der Waals surface area contributed by atoms with E-state index in [1.165, 1.54) is 18.6 Å². The molecule has 1 unspecified atom stereocenters. The Bertz CT molecular complexity index is 1030. The summed E-state index contributed by atoms with van der Waals surface area (Å²) in [5.74, 6) is 1.28. The van der Waals surface area contributed by atoms with E-state index in [-0.39, 0.29) is 10.6 Å². The van der Waals surface area contributed by atoms with E-state index >= 15 is 0 Å². The number of rotatable bonds is 2. The van der Waals surface area contributed by atoms with Crippen LogP contribution in [-0.2, 0) is 6.42 Å². The first-order valence-corrected chi connectivity index (χ1v) is 9.39. The lowest BCUT2D eigenvalue weighted by Crippen LogP contribution is -2.51. The van der Waals surface area contributed by atoms with Gasteiger partial charge in [0.1, 0.15) is 11.4 Å². The maximum absolute atomic E-state index is 13.7. The van der Waals surface area contributed by atoms with Gasteiger partial charge >= 0.3 is 0 Å². The van der Waals surface area contributed by atoms with E-state index in [0.717, 1.165) is 30.4 Å². The minimum absolute atomic E-state index is 0.0299. The maximum atomic E-state index is 13.7. The number of fused-ring (bicyclic) bond motifs is 1. The van der Waals surface area contributed by atoms with Gasteiger partial charge in [0.25, 0.3) is 5.89 Å². The predicted octanol–water partition coefficient (Wildman–Crippen LogP) is 5.08. The lowest BCUT2D eigenvalue weighted by molar-refractivity contribution is -0.0685. The van der Waals surface area contributed by atoms with Crippen molar-refractivity contribution < 1.29 is 13.7 Å². The molecule has 1 aliphatic heterocycles. The average Bonchev–Trinajstić information content (AvgIpc) is 3.11. The number of aromatic nitrogens is 3. The highest BCUT2D eigenvalue weighted by molar-refractivity contribution is 6.30. The number of nitrogens with zero attached hydrogens (tertiary/aromatic N) is 3. The molecule has 1 fully saturated rings. The molecule has 0 N–H and O–H groups in total. The third-order valence-corrected chi connectivity index (χ3v) is 6.01. The fourth-order valence-electron chi connectivity index (χ4n) is 3.88. The molecule has 1 aliphatic carbocycles. The zero-order valence-corrected chi connectivity index (χ0v) is 15.5. The highest BCUT2D eigenvalue weighted by Crippen LogP contribution is 2.47. The van der Waals surface area contributed by atoms with Crippen molar-refractivity contribution >= 4 is 11.6 Å². The summed E-state index contributed by atoms with van der Waals surface area (Å²) >= 11 is 5.72. The van der Waals surface area contributed by atoms with E-state index in [2.05, 4.69) is 22.0 Å². The topological polar surface area (TPSA) is 61.0 Å². The molecule has 0 bridgehead atoms. The standard InChI is InChI=1S/C20H17ClFN3O2/c1-11-7-13-8-14(10-23-18(13)26-20(11)5-2-6-20)19-24-17(25-27-19)12-3-4-15(21)16(22)9-12/h3-4,8-11H,2,5-7H2,1H3. The van der Waals surface area contributed by atoms with E-state index in [1.54, 1.807) is 12.3 Å². The third-order valence-electron chi connectivity index (χ3n) is 5.70. The SMILES string of the molecule is CC1Cc2cc(-c3nc(-c4ccc(Cl)c(F)c4)no3)cnc2OC12CCC2. The molecular weight excluding hydrogens is 369 g/mol. The van der Waals surface area contributed by atoms with Crippen LogP contribution in [0.15, 0.2) is 35.0 Å². The molecule has 138 valence electrons. The molecular formula is C20H17ClFN3O2. The Labute approximate surface area is 160 Å². The van der Waals surface area contributed by atoms with Crippen molar-refractivity contribution in [2.75, 3.05) is 0 Å². The molecule has 27 heavy (non-hydrogen) atoms. The van der Waals surface area contributed by atoms with E-state index in [1.807, 2.05) is 6.07 Å². The summed E-state index contributed by atoms with van der Waals surface area (Å²) < 4.78 is 25.3. The van der Waals surface area contributed by atoms with Crippen LogP contribution in [0.2, 0.25) is 5.02 Å². The maximum Gasteiger partial charge on any atom is 0.259 e. The first-order chi connectivity index (χ1) is 13.0. The summed E-state index contributed by atoms with van der Waals surface area (Å²) in [4.78, 5) is 8.86. The number of hydrogen-bond acceptors (Lipinski definition) is 5. The van der Waals surface area contributed by atoms with Gasteiger partial charge in [-0.05, 0) is 49.9 Å². The summed E-state index contributed by atoms with van der Waals surface area (Å²) in [6, 6.07) is 6.40. The Morgan fingerprint density at radius 3 is 2.81 bits per heavy atom. The zero-order chi connectivity index (χ0) is 18.6. The van der Waals surface area contributed by atoms with Crippen molar-refractivity contribution in [3.8, 4) is 28.7 Å². The summed E-state index contributed by atoms with van der Waals surface area (Å²) in [5.41, 5.74) is 2.25. The predicted molar refractivity (Wildman–Crippen MR) is 98.0 cm³/mol. The normalized spacial score (nSPS) is 20.0. The molecule has 2 aromatic heterocycles. The summed E-state index contributed by atoms with van der Waals surface area (Å²) in [6.45, 7) is 2.23. The Kier molecular flexibility index (Phi) is 3.72. The highest BCUT2D eigenvalue weighted by Gasteiger charge is 2.47. The van der Waals surface area contributed by atoms with Gasteiger partial charge in [0.05, 0.1) is 10.6 Å². The third kappa shape index (κ3) is 2.70. The van der Waals surface area contributed by atoms with Gasteiger partial charge in [0, 0.05) is 23.2 Å². The van der Waals surface area contributed by atoms with Gasteiger partial charge in [-0.25, -0.2) is 9.37 Å². The Balaban J connectivity index is 1.45. The molecule has 0 amide bonds. The van der Waals surface area contributed by atoms with Crippen LogP contribution < -0.4 is 4.74 Å². The molecule has 5 rings (SSSR count). The highest BCUT2D eigenvalue weighted by atomic mass is 35.5. The van der Waals surface area contributed by atoms with Crippen LogP contribution >= 0.6 is 11.6 Å². The van der Waals surface area contributed by atoms with Gasteiger partial charge in [-0.2, -0.15) is 4.98 Å². The number of hydrogen-bond donors (Lipinski definition) is 0. The van der Waals surface area contributed by atoms with Gasteiger partial charge in [-0.3, -0.25) is 0 Å². The first-order valence-electron chi connectivity index (χ1n) is 9.01. The van der Waals surface area contributed by atoms with Crippen LogP contribution in [0.4, 0.5) is 4.39 Å². The zero-order valence-electron chi connectivity index (χ0n) is 14.7. The van der Waals surface area contributed by atoms with E-state index in [4.69, 9.17) is 20.9 Å². The molecule has 0 saturated heterocycles. The summed E-state index contributed by atoms with van der Waals surface area (Å²) in [5, 5.41) is 4.01. The van der Waals surface area contributed by atoms with Crippen LogP contribution in [0.1, 0.15) is 31.7 Å². The van der Waals surface area contributed by atoms with Crippen molar-refractivity contribution in [3.05, 3.63) is 46.9 Å². The number of halogens is 2. The Hall–Kier alpha value is -2.47. The van der Waals surface area contributed by atoms with E-state index < -0.39 is 5.82 Å². The van der Waals surface area contributed by atoms with Gasteiger partial charge in [0.15, 0.2) is 0 Å². The molecule has 2 aliphatic rings. The van der Waals surface area contributed by atoms with Gasteiger partial charge in [-0.1, -0.05) is 23.7 Å². The van der Waals surface area contributed by atoms with Crippen LogP contribution in [0.3, 0.4) is 0 Å².